The van der Waals surface area contributed by atoms with Gasteiger partial charge in [-0.15, -0.1) is 0 Å². The van der Waals surface area contributed by atoms with Gasteiger partial charge in [-0.25, -0.2) is 4.79 Å². The molecule has 0 aliphatic rings. The molecule has 0 saturated carbocycles. The van der Waals surface area contributed by atoms with Gasteiger partial charge < -0.3 is 10.0 Å². The van der Waals surface area contributed by atoms with Gasteiger partial charge in [0.25, 0.3) is 5.91 Å². The van der Waals surface area contributed by atoms with Crippen LogP contribution in [-0.2, 0) is 4.79 Å². The summed E-state index contributed by atoms with van der Waals surface area (Å²) >= 11 is 0. The van der Waals surface area contributed by atoms with Crippen LogP contribution in [0.3, 0.4) is 0 Å². The fourth-order valence-electron chi connectivity index (χ4n) is 2.51. The van der Waals surface area contributed by atoms with E-state index in [1.807, 2.05) is 19.1 Å². The summed E-state index contributed by atoms with van der Waals surface area (Å²) in [5, 5.41) is 9.70. The molecule has 0 aromatic heterocycles. The van der Waals surface area contributed by atoms with Crippen molar-refractivity contribution in [1.82, 2.24) is 4.90 Å². The Hall–Kier alpha value is -2.62. The predicted octanol–water partition coefficient (Wildman–Crippen LogP) is 3.75. The molecule has 23 heavy (non-hydrogen) atoms. The fraction of sp³-hybridized carbons (Fsp3) is 0.263. The van der Waals surface area contributed by atoms with Crippen molar-refractivity contribution in [2.75, 3.05) is 6.54 Å². The first kappa shape index (κ1) is 16.7. The van der Waals surface area contributed by atoms with Gasteiger partial charge in [0.15, 0.2) is 6.04 Å². The number of carbonyl (C=O) groups excluding carboxylic acids is 1. The Bertz CT molecular complexity index is 640. The molecular weight excluding hydrogens is 290 g/mol. The third-order valence-electron chi connectivity index (χ3n) is 3.70. The molecule has 0 aliphatic heterocycles. The number of carbonyl (C=O) groups is 2. The van der Waals surface area contributed by atoms with Crippen LogP contribution in [0.4, 0.5) is 0 Å². The number of unbranched alkanes of at least 4 members (excludes halogenated alkanes) is 1. The maximum atomic E-state index is 12.8. The number of hydrogen-bond donors (Lipinski definition) is 1. The summed E-state index contributed by atoms with van der Waals surface area (Å²) in [4.78, 5) is 26.1. The standard InChI is InChI=1S/C19H21NO3/c1-2-3-14-20(18(21)16-12-8-5-9-13-16)17(19(22)23)15-10-6-4-7-11-15/h4-13,17H,2-3,14H2,1H3,(H,22,23). The van der Waals surface area contributed by atoms with E-state index in [4.69, 9.17) is 0 Å². The van der Waals surface area contributed by atoms with Gasteiger partial charge in [0.1, 0.15) is 0 Å². The van der Waals surface area contributed by atoms with Crippen molar-refractivity contribution >= 4 is 11.9 Å². The monoisotopic (exact) mass is 311 g/mol. The van der Waals surface area contributed by atoms with Crippen molar-refractivity contribution in [3.05, 3.63) is 71.8 Å². The lowest BCUT2D eigenvalue weighted by Crippen LogP contribution is -2.39. The highest BCUT2D eigenvalue weighted by Crippen LogP contribution is 2.24. The first-order valence-electron chi connectivity index (χ1n) is 7.79. The lowest BCUT2D eigenvalue weighted by molar-refractivity contribution is -0.142. The Morgan fingerprint density at radius 2 is 1.57 bits per heavy atom. The summed E-state index contributed by atoms with van der Waals surface area (Å²) in [6.45, 7) is 2.43. The molecule has 0 aliphatic carbocycles. The molecule has 0 fully saturated rings. The van der Waals surface area contributed by atoms with E-state index < -0.39 is 12.0 Å². The quantitative estimate of drug-likeness (QED) is 0.847. The number of aliphatic carboxylic acids is 1. The van der Waals surface area contributed by atoms with E-state index in [1.165, 1.54) is 4.90 Å². The SMILES string of the molecule is CCCCN(C(=O)c1ccccc1)C(C(=O)O)c1ccccc1. The summed E-state index contributed by atoms with van der Waals surface area (Å²) < 4.78 is 0. The van der Waals surface area contributed by atoms with Crippen molar-refractivity contribution in [2.24, 2.45) is 0 Å². The first-order valence-corrected chi connectivity index (χ1v) is 7.79. The van der Waals surface area contributed by atoms with Gasteiger partial charge in [0.05, 0.1) is 0 Å². The molecule has 4 nitrogen and oxygen atoms in total. The smallest absolute Gasteiger partial charge is 0.331 e. The number of hydrogen-bond acceptors (Lipinski definition) is 2. The summed E-state index contributed by atoms with van der Waals surface area (Å²) in [6, 6.07) is 16.7. The molecule has 0 saturated heterocycles. The number of carboxylic acid groups (broad SMARTS) is 1. The van der Waals surface area contributed by atoms with E-state index in [2.05, 4.69) is 0 Å². The molecule has 2 aromatic rings. The second-order valence-corrected chi connectivity index (χ2v) is 5.37. The lowest BCUT2D eigenvalue weighted by atomic mass is 10.0. The highest BCUT2D eigenvalue weighted by atomic mass is 16.4. The Balaban J connectivity index is 2.39. The van der Waals surface area contributed by atoms with E-state index in [1.54, 1.807) is 48.5 Å². The van der Waals surface area contributed by atoms with E-state index in [0.29, 0.717) is 17.7 Å². The average molecular weight is 311 g/mol. The second kappa shape index (κ2) is 8.13. The van der Waals surface area contributed by atoms with Crippen LogP contribution in [0.2, 0.25) is 0 Å². The van der Waals surface area contributed by atoms with Gasteiger partial charge in [-0.1, -0.05) is 61.9 Å². The molecule has 120 valence electrons. The zero-order valence-corrected chi connectivity index (χ0v) is 13.2. The molecule has 2 rings (SSSR count). The zero-order chi connectivity index (χ0) is 16.7. The summed E-state index contributed by atoms with van der Waals surface area (Å²) in [5.74, 6) is -1.27. The van der Waals surface area contributed by atoms with Crippen LogP contribution in [0.25, 0.3) is 0 Å². The van der Waals surface area contributed by atoms with Crippen LogP contribution in [0, 0.1) is 0 Å². The van der Waals surface area contributed by atoms with Crippen molar-refractivity contribution in [1.29, 1.82) is 0 Å². The molecule has 0 radical (unpaired) electrons. The van der Waals surface area contributed by atoms with Gasteiger partial charge in [0, 0.05) is 12.1 Å². The van der Waals surface area contributed by atoms with E-state index in [-0.39, 0.29) is 5.91 Å². The van der Waals surface area contributed by atoms with Crippen molar-refractivity contribution in [2.45, 2.75) is 25.8 Å². The summed E-state index contributed by atoms with van der Waals surface area (Å²) in [6.07, 6.45) is 1.65. The number of amides is 1. The van der Waals surface area contributed by atoms with E-state index in [0.717, 1.165) is 12.8 Å². The Labute approximate surface area is 136 Å². The van der Waals surface area contributed by atoms with Crippen molar-refractivity contribution in [3.63, 3.8) is 0 Å². The fourth-order valence-corrected chi connectivity index (χ4v) is 2.51. The molecule has 0 heterocycles. The number of benzene rings is 2. The Morgan fingerprint density at radius 3 is 2.09 bits per heavy atom. The largest absolute Gasteiger partial charge is 0.479 e. The van der Waals surface area contributed by atoms with Gasteiger partial charge >= 0.3 is 5.97 Å². The van der Waals surface area contributed by atoms with Gasteiger partial charge in [-0.05, 0) is 24.1 Å². The van der Waals surface area contributed by atoms with Gasteiger partial charge in [-0.2, -0.15) is 0 Å². The van der Waals surface area contributed by atoms with Crippen LogP contribution in [0.5, 0.6) is 0 Å². The summed E-state index contributed by atoms with van der Waals surface area (Å²) in [7, 11) is 0. The predicted molar refractivity (Wildman–Crippen MR) is 89.2 cm³/mol. The highest BCUT2D eigenvalue weighted by molar-refractivity contribution is 5.96. The minimum absolute atomic E-state index is 0.254. The zero-order valence-electron chi connectivity index (χ0n) is 13.2. The normalized spacial score (nSPS) is 11.7. The lowest BCUT2D eigenvalue weighted by Gasteiger charge is -2.29. The van der Waals surface area contributed by atoms with E-state index >= 15 is 0 Å². The van der Waals surface area contributed by atoms with Gasteiger partial charge in [0.2, 0.25) is 0 Å². The third-order valence-corrected chi connectivity index (χ3v) is 3.70. The van der Waals surface area contributed by atoms with Crippen molar-refractivity contribution < 1.29 is 14.7 Å². The number of rotatable bonds is 7. The minimum Gasteiger partial charge on any atom is -0.479 e. The average Bonchev–Trinajstić information content (AvgIpc) is 2.59. The molecule has 1 atom stereocenters. The second-order valence-electron chi connectivity index (χ2n) is 5.37. The van der Waals surface area contributed by atoms with Crippen molar-refractivity contribution in [3.8, 4) is 0 Å². The number of carboxylic acids is 1. The topological polar surface area (TPSA) is 57.6 Å². The first-order chi connectivity index (χ1) is 11.1. The molecule has 0 bridgehead atoms. The molecular formula is C19H21NO3. The Kier molecular flexibility index (Phi) is 5.92. The van der Waals surface area contributed by atoms with E-state index in [9.17, 15) is 14.7 Å². The molecule has 1 unspecified atom stereocenters. The third kappa shape index (κ3) is 4.19. The van der Waals surface area contributed by atoms with Crippen LogP contribution in [-0.4, -0.2) is 28.4 Å². The molecule has 1 amide bonds. The van der Waals surface area contributed by atoms with Crippen LogP contribution < -0.4 is 0 Å². The van der Waals surface area contributed by atoms with Crippen LogP contribution in [0.1, 0.15) is 41.7 Å². The summed E-state index contributed by atoms with van der Waals surface area (Å²) in [5.41, 5.74) is 1.12. The van der Waals surface area contributed by atoms with Gasteiger partial charge in [-0.3, -0.25) is 4.79 Å². The molecule has 4 heteroatoms. The molecule has 0 spiro atoms. The highest BCUT2D eigenvalue weighted by Gasteiger charge is 2.31. The van der Waals surface area contributed by atoms with Crippen LogP contribution >= 0.6 is 0 Å². The molecule has 2 aromatic carbocycles. The minimum atomic E-state index is -1.02. The maximum absolute atomic E-state index is 12.8. The Morgan fingerprint density at radius 1 is 1.00 bits per heavy atom. The maximum Gasteiger partial charge on any atom is 0.331 e. The molecule has 1 N–H and O–H groups in total. The van der Waals surface area contributed by atoms with Crippen LogP contribution in [0.15, 0.2) is 60.7 Å². The number of nitrogens with zero attached hydrogens (tertiary/aromatic N) is 1.